The maximum atomic E-state index is 13.9. The number of aliphatic hydroxyl groups excluding tert-OH is 1. The zero-order chi connectivity index (χ0) is 24.1. The molecule has 1 fully saturated rings. The van der Waals surface area contributed by atoms with E-state index in [2.05, 4.69) is 9.88 Å². The van der Waals surface area contributed by atoms with Crippen LogP contribution >= 0.6 is 22.7 Å². The number of ether oxygens (including phenoxy) is 1. The van der Waals surface area contributed by atoms with Gasteiger partial charge in [-0.1, -0.05) is 29.5 Å². The number of amides is 1. The Morgan fingerprint density at radius 3 is 2.74 bits per heavy atom. The van der Waals surface area contributed by atoms with Crippen molar-refractivity contribution in [1.29, 1.82) is 0 Å². The van der Waals surface area contributed by atoms with E-state index >= 15 is 0 Å². The lowest BCUT2D eigenvalue weighted by molar-refractivity contribution is -0.129. The van der Waals surface area contributed by atoms with E-state index in [1.807, 2.05) is 53.1 Å². The molecule has 1 saturated heterocycles. The largest absolute Gasteiger partial charge is 0.503 e. The molecule has 2 aliphatic heterocycles. The van der Waals surface area contributed by atoms with E-state index in [1.54, 1.807) is 4.90 Å². The number of para-hydroxylation sites is 2. The number of nitrogens with zero attached hydrogens (tertiary/aromatic N) is 4. The highest BCUT2D eigenvalue weighted by Gasteiger charge is 2.45. The normalized spacial score (nSPS) is 19.5. The molecule has 2 aliphatic rings. The van der Waals surface area contributed by atoms with E-state index in [1.165, 1.54) is 22.7 Å². The van der Waals surface area contributed by atoms with Gasteiger partial charge in [0.15, 0.2) is 10.7 Å². The van der Waals surface area contributed by atoms with Crippen LogP contribution in [0.25, 0.3) is 16.0 Å². The Morgan fingerprint density at radius 1 is 1.17 bits per heavy atom. The third-order valence-corrected chi connectivity index (χ3v) is 8.78. The quantitative estimate of drug-likeness (QED) is 0.399. The predicted molar refractivity (Wildman–Crippen MR) is 135 cm³/mol. The van der Waals surface area contributed by atoms with Crippen LogP contribution in [-0.2, 0) is 9.53 Å². The minimum Gasteiger partial charge on any atom is -0.503 e. The maximum Gasteiger partial charge on any atom is 0.290 e. The summed E-state index contributed by atoms with van der Waals surface area (Å²) in [5.74, 6) is -1.27. The van der Waals surface area contributed by atoms with Crippen LogP contribution in [0.1, 0.15) is 26.3 Å². The van der Waals surface area contributed by atoms with E-state index in [-0.39, 0.29) is 11.4 Å². The first kappa shape index (κ1) is 22.4. The minimum absolute atomic E-state index is 0.149. The number of benzene rings is 1. The summed E-state index contributed by atoms with van der Waals surface area (Å²) in [4.78, 5) is 37.8. The van der Waals surface area contributed by atoms with Gasteiger partial charge < -0.3 is 14.7 Å². The summed E-state index contributed by atoms with van der Waals surface area (Å²) in [5.41, 5.74) is 2.70. The van der Waals surface area contributed by atoms with Crippen molar-refractivity contribution in [2.75, 3.05) is 39.4 Å². The molecule has 1 atom stereocenters. The molecule has 6 rings (SSSR count). The van der Waals surface area contributed by atoms with E-state index in [0.29, 0.717) is 36.1 Å². The lowest BCUT2D eigenvalue weighted by Gasteiger charge is -2.31. The van der Waals surface area contributed by atoms with Crippen molar-refractivity contribution in [3.63, 3.8) is 0 Å². The molecule has 1 N–H and O–H groups in total. The van der Waals surface area contributed by atoms with Crippen molar-refractivity contribution in [2.45, 2.75) is 13.0 Å². The number of aliphatic hydroxyl groups is 1. The molecule has 0 bridgehead atoms. The standard InChI is InChI=1S/C25H24N4O4S2/c1-15-23(35-25-26-16-5-2-3-6-17(16)29(15)25)21(30)19-20(18-7-4-14-34-18)28(24(32)22(19)31)9-8-27-10-12-33-13-11-27/h2-7,14,20,31H,8-13H2,1H3/t20-/m0/s1. The molecular formula is C25H24N4O4S2. The molecule has 0 radical (unpaired) electrons. The number of aromatic nitrogens is 2. The van der Waals surface area contributed by atoms with Crippen LogP contribution in [0.3, 0.4) is 0 Å². The van der Waals surface area contributed by atoms with Gasteiger partial charge in [-0.2, -0.15) is 0 Å². The summed E-state index contributed by atoms with van der Waals surface area (Å²) < 4.78 is 7.39. The second-order valence-electron chi connectivity index (χ2n) is 8.70. The summed E-state index contributed by atoms with van der Waals surface area (Å²) in [5, 5.41) is 12.9. The van der Waals surface area contributed by atoms with Crippen molar-refractivity contribution in [1.82, 2.24) is 19.2 Å². The molecule has 180 valence electrons. The molecule has 35 heavy (non-hydrogen) atoms. The van der Waals surface area contributed by atoms with Gasteiger partial charge in [0, 0.05) is 36.8 Å². The van der Waals surface area contributed by atoms with Crippen LogP contribution in [0.15, 0.2) is 53.1 Å². The van der Waals surface area contributed by atoms with Gasteiger partial charge in [0.2, 0.25) is 5.78 Å². The fraction of sp³-hybridized carbons (Fsp3) is 0.320. The van der Waals surface area contributed by atoms with Crippen LogP contribution in [0.4, 0.5) is 0 Å². The lowest BCUT2D eigenvalue weighted by Crippen LogP contribution is -2.43. The zero-order valence-corrected chi connectivity index (χ0v) is 20.8. The van der Waals surface area contributed by atoms with Crippen LogP contribution in [0.2, 0.25) is 0 Å². The predicted octanol–water partition coefficient (Wildman–Crippen LogP) is 3.83. The van der Waals surface area contributed by atoms with E-state index in [9.17, 15) is 14.7 Å². The molecule has 3 aromatic heterocycles. The molecule has 0 unspecified atom stereocenters. The maximum absolute atomic E-state index is 13.9. The van der Waals surface area contributed by atoms with Gasteiger partial charge in [-0.15, -0.1) is 11.3 Å². The monoisotopic (exact) mass is 508 g/mol. The lowest BCUT2D eigenvalue weighted by atomic mass is 10.00. The number of thiazole rings is 1. The first-order chi connectivity index (χ1) is 17.0. The van der Waals surface area contributed by atoms with Gasteiger partial charge in [-0.3, -0.25) is 18.9 Å². The number of carbonyl (C=O) groups excluding carboxylic acids is 2. The highest BCUT2D eigenvalue weighted by Crippen LogP contribution is 2.42. The molecule has 0 saturated carbocycles. The molecule has 1 amide bonds. The van der Waals surface area contributed by atoms with Gasteiger partial charge >= 0.3 is 0 Å². The van der Waals surface area contributed by atoms with Gasteiger partial charge in [0.1, 0.15) is 0 Å². The number of fused-ring (bicyclic) bond motifs is 3. The summed E-state index contributed by atoms with van der Waals surface area (Å²) in [6.07, 6.45) is 0. The second kappa shape index (κ2) is 8.87. The van der Waals surface area contributed by atoms with Crippen LogP contribution in [-0.4, -0.2) is 75.4 Å². The van der Waals surface area contributed by atoms with Gasteiger partial charge in [0.05, 0.1) is 40.7 Å². The first-order valence-corrected chi connectivity index (χ1v) is 13.2. The second-order valence-corrected chi connectivity index (χ2v) is 10.7. The summed E-state index contributed by atoms with van der Waals surface area (Å²) >= 11 is 2.77. The highest BCUT2D eigenvalue weighted by molar-refractivity contribution is 7.19. The van der Waals surface area contributed by atoms with Gasteiger partial charge in [0.25, 0.3) is 5.91 Å². The minimum atomic E-state index is -0.610. The van der Waals surface area contributed by atoms with Gasteiger partial charge in [-0.05, 0) is 30.5 Å². The van der Waals surface area contributed by atoms with Gasteiger partial charge in [-0.25, -0.2) is 4.98 Å². The summed E-state index contributed by atoms with van der Waals surface area (Å²) in [6, 6.07) is 11.0. The topological polar surface area (TPSA) is 87.4 Å². The van der Waals surface area contributed by atoms with Crippen LogP contribution in [0.5, 0.6) is 0 Å². The highest BCUT2D eigenvalue weighted by atomic mass is 32.1. The molecular weight excluding hydrogens is 484 g/mol. The number of thiophene rings is 1. The number of ketones is 1. The Labute approximate surface area is 209 Å². The zero-order valence-electron chi connectivity index (χ0n) is 19.1. The van der Waals surface area contributed by atoms with Crippen LogP contribution in [0, 0.1) is 6.92 Å². The number of Topliss-reactive ketones (excluding diaryl/α,β-unsaturated/α-hetero) is 1. The van der Waals surface area contributed by atoms with E-state index < -0.39 is 17.7 Å². The average Bonchev–Trinajstić information content (AvgIpc) is 3.64. The van der Waals surface area contributed by atoms with Crippen LogP contribution < -0.4 is 0 Å². The molecule has 4 aromatic rings. The summed E-state index contributed by atoms with van der Waals surface area (Å²) in [7, 11) is 0. The number of hydrogen-bond acceptors (Lipinski definition) is 8. The number of imidazole rings is 1. The fourth-order valence-corrected chi connectivity index (χ4v) is 6.87. The molecule has 5 heterocycles. The SMILES string of the molecule is Cc1c(C(=O)C2=C(O)C(=O)N(CCN3CCOCC3)[C@H]2c2cccs2)sc2nc3ccccc3n12. The third kappa shape index (κ3) is 3.68. The smallest absolute Gasteiger partial charge is 0.290 e. The molecule has 1 aromatic carbocycles. The molecule has 0 aliphatic carbocycles. The van der Waals surface area contributed by atoms with Crippen molar-refractivity contribution in [2.24, 2.45) is 0 Å². The number of carbonyl (C=O) groups is 2. The van der Waals surface area contributed by atoms with Crippen molar-refractivity contribution in [3.05, 3.63) is 68.6 Å². The van der Waals surface area contributed by atoms with E-state index in [4.69, 9.17) is 4.74 Å². The molecule has 10 heteroatoms. The first-order valence-electron chi connectivity index (χ1n) is 11.5. The number of morpholine rings is 1. The molecule has 0 spiro atoms. The molecule has 8 nitrogen and oxygen atoms in total. The Hall–Kier alpha value is -3.05. The van der Waals surface area contributed by atoms with Crippen molar-refractivity contribution >= 4 is 50.4 Å². The Bertz CT molecular complexity index is 1460. The number of rotatable bonds is 6. The number of hydrogen-bond donors (Lipinski definition) is 1. The average molecular weight is 509 g/mol. The van der Waals surface area contributed by atoms with E-state index in [0.717, 1.165) is 34.7 Å². The third-order valence-electron chi connectivity index (χ3n) is 6.72. The Balaban J connectivity index is 1.37. The Kier molecular flexibility index (Phi) is 5.68. The fourth-order valence-electron chi connectivity index (χ4n) is 4.93. The Morgan fingerprint density at radius 2 is 1.97 bits per heavy atom. The van der Waals surface area contributed by atoms with Crippen molar-refractivity contribution < 1.29 is 19.4 Å². The summed E-state index contributed by atoms with van der Waals surface area (Å²) in [6.45, 7) is 5.91. The number of aryl methyl sites for hydroxylation is 1. The van der Waals surface area contributed by atoms with Crippen molar-refractivity contribution in [3.8, 4) is 0 Å².